The molecule has 12 heteroatoms. The zero-order valence-corrected chi connectivity index (χ0v) is 11.0. The van der Waals surface area contributed by atoms with Gasteiger partial charge < -0.3 is 26.5 Å². The van der Waals surface area contributed by atoms with Gasteiger partial charge >= 0.3 is 5.69 Å². The average molecular weight is 316 g/mol. The molecule has 7 N–H and O–H groups in total. The van der Waals surface area contributed by atoms with Gasteiger partial charge in [-0.1, -0.05) is 0 Å². The molecule has 120 valence electrons. The quantitative estimate of drug-likeness (QED) is 0.359. The first-order chi connectivity index (χ1) is 10.4. The number of hydrogen-bond donors (Lipinski definition) is 5. The summed E-state index contributed by atoms with van der Waals surface area (Å²) in [4.78, 5) is 29.9. The lowest BCUT2D eigenvalue weighted by Crippen LogP contribution is -2.33. The van der Waals surface area contributed by atoms with E-state index in [1.807, 2.05) is 0 Å². The Hall–Kier alpha value is -2.44. The van der Waals surface area contributed by atoms with Crippen molar-refractivity contribution in [2.24, 2.45) is 0 Å². The van der Waals surface area contributed by atoms with E-state index < -0.39 is 42.5 Å². The minimum Gasteiger partial charge on any atom is -0.394 e. The largest absolute Gasteiger partial charge is 0.394 e. The summed E-state index contributed by atoms with van der Waals surface area (Å²) in [5.41, 5.74) is 3.28. The molecule has 4 atom stereocenters. The van der Waals surface area contributed by atoms with Crippen LogP contribution in [0.2, 0.25) is 0 Å². The number of aliphatic hydroxyl groups excluding tert-OH is 2. The average Bonchev–Trinajstić information content (AvgIpc) is 2.95. The number of aromatic nitrogens is 4. The van der Waals surface area contributed by atoms with E-state index in [9.17, 15) is 19.1 Å². The lowest BCUT2D eigenvalue weighted by Gasteiger charge is -2.15. The number of rotatable bonds is 2. The van der Waals surface area contributed by atoms with Crippen LogP contribution in [-0.4, -0.2) is 54.4 Å². The Morgan fingerprint density at radius 1 is 1.45 bits per heavy atom. The van der Waals surface area contributed by atoms with Crippen LogP contribution >= 0.6 is 0 Å². The summed E-state index contributed by atoms with van der Waals surface area (Å²) in [5, 5.41) is 18.9. The highest BCUT2D eigenvalue weighted by Gasteiger charge is 2.46. The molecule has 0 aromatic carbocycles. The minimum absolute atomic E-state index is 0.232. The van der Waals surface area contributed by atoms with E-state index in [4.69, 9.17) is 21.4 Å². The van der Waals surface area contributed by atoms with Crippen molar-refractivity contribution in [1.82, 2.24) is 19.2 Å². The van der Waals surface area contributed by atoms with E-state index in [-0.39, 0.29) is 17.1 Å². The number of aromatic amines is 1. The summed E-state index contributed by atoms with van der Waals surface area (Å²) >= 11 is 0. The van der Waals surface area contributed by atoms with Gasteiger partial charge in [-0.2, -0.15) is 9.66 Å². The summed E-state index contributed by atoms with van der Waals surface area (Å²) in [5.74, 6) is 4.98. The van der Waals surface area contributed by atoms with Crippen LogP contribution in [0, 0.1) is 0 Å². The van der Waals surface area contributed by atoms with Crippen molar-refractivity contribution in [2.45, 2.75) is 24.6 Å². The second kappa shape index (κ2) is 4.79. The zero-order chi connectivity index (χ0) is 16.2. The number of alkyl halides is 1. The summed E-state index contributed by atoms with van der Waals surface area (Å²) in [6.07, 6.45) is -6.39. The van der Waals surface area contributed by atoms with E-state index in [1.54, 1.807) is 0 Å². The van der Waals surface area contributed by atoms with Gasteiger partial charge in [0.25, 0.3) is 5.56 Å². The fourth-order valence-electron chi connectivity index (χ4n) is 2.39. The van der Waals surface area contributed by atoms with Crippen molar-refractivity contribution in [3.8, 4) is 0 Å². The van der Waals surface area contributed by atoms with Gasteiger partial charge in [-0.25, -0.2) is 13.8 Å². The highest BCUT2D eigenvalue weighted by atomic mass is 19.1. The predicted molar refractivity (Wildman–Crippen MR) is 71.1 cm³/mol. The Labute approximate surface area is 120 Å². The predicted octanol–water partition coefficient (Wildman–Crippen LogP) is -3.23. The van der Waals surface area contributed by atoms with Crippen molar-refractivity contribution in [3.05, 3.63) is 20.8 Å². The molecule has 0 radical (unpaired) electrons. The van der Waals surface area contributed by atoms with Crippen molar-refractivity contribution < 1.29 is 19.3 Å². The van der Waals surface area contributed by atoms with Crippen molar-refractivity contribution in [1.29, 1.82) is 0 Å². The molecule has 2 aromatic heterocycles. The summed E-state index contributed by atoms with van der Waals surface area (Å²) in [6, 6.07) is 0. The van der Waals surface area contributed by atoms with Gasteiger partial charge in [0.15, 0.2) is 23.6 Å². The Morgan fingerprint density at radius 2 is 2.14 bits per heavy atom. The van der Waals surface area contributed by atoms with Gasteiger partial charge in [-0.05, 0) is 0 Å². The summed E-state index contributed by atoms with van der Waals surface area (Å²) in [6.45, 7) is -0.684. The molecule has 1 saturated heterocycles. The van der Waals surface area contributed by atoms with Crippen LogP contribution in [0.3, 0.4) is 0 Å². The molecule has 1 aliphatic rings. The molecule has 11 nitrogen and oxygen atoms in total. The second-order valence-corrected chi connectivity index (χ2v) is 4.83. The lowest BCUT2D eigenvalue weighted by atomic mass is 10.1. The smallest absolute Gasteiger partial charge is 0.330 e. The van der Waals surface area contributed by atoms with Crippen LogP contribution < -0.4 is 22.8 Å². The molecule has 22 heavy (non-hydrogen) atoms. The normalized spacial score (nSPS) is 28.5. The fraction of sp³-hybridized carbons (Fsp3) is 0.500. The number of nitrogens with two attached hydrogens (primary N) is 2. The highest BCUT2D eigenvalue weighted by Crippen LogP contribution is 2.31. The maximum absolute atomic E-state index is 13.8. The molecule has 0 saturated carbocycles. The van der Waals surface area contributed by atoms with Crippen LogP contribution in [0.15, 0.2) is 9.59 Å². The third kappa shape index (κ3) is 1.81. The number of ether oxygens (including phenoxy) is 1. The number of nitrogens with one attached hydrogen (secondary N) is 1. The molecule has 0 bridgehead atoms. The molecule has 0 spiro atoms. The van der Waals surface area contributed by atoms with Gasteiger partial charge in [-0.15, -0.1) is 0 Å². The van der Waals surface area contributed by atoms with Gasteiger partial charge in [0.1, 0.15) is 12.2 Å². The molecule has 3 rings (SSSR count). The molecular weight excluding hydrogens is 303 g/mol. The molecule has 3 heterocycles. The van der Waals surface area contributed by atoms with Crippen LogP contribution in [0.25, 0.3) is 11.2 Å². The van der Waals surface area contributed by atoms with E-state index in [2.05, 4.69) is 9.97 Å². The molecule has 0 amide bonds. The second-order valence-electron chi connectivity index (χ2n) is 4.83. The Balaban J connectivity index is 2.22. The summed E-state index contributed by atoms with van der Waals surface area (Å²) < 4.78 is 20.2. The number of imidazole rings is 1. The Kier molecular flexibility index (Phi) is 3.16. The van der Waals surface area contributed by atoms with E-state index in [1.165, 1.54) is 0 Å². The van der Waals surface area contributed by atoms with Crippen molar-refractivity contribution in [3.63, 3.8) is 0 Å². The Bertz CT molecular complexity index is 843. The third-order valence-electron chi connectivity index (χ3n) is 3.52. The third-order valence-corrected chi connectivity index (χ3v) is 3.52. The van der Waals surface area contributed by atoms with Crippen molar-refractivity contribution >= 4 is 17.1 Å². The Morgan fingerprint density at radius 3 is 2.73 bits per heavy atom. The number of halogens is 1. The topological polar surface area (TPSA) is 174 Å². The number of H-pyrrole nitrogens is 1. The van der Waals surface area contributed by atoms with E-state index >= 15 is 0 Å². The molecule has 1 aliphatic heterocycles. The van der Waals surface area contributed by atoms with E-state index in [0.29, 0.717) is 4.68 Å². The van der Waals surface area contributed by atoms with Gasteiger partial charge in [-0.3, -0.25) is 9.78 Å². The first-order valence-electron chi connectivity index (χ1n) is 6.23. The van der Waals surface area contributed by atoms with Gasteiger partial charge in [0, 0.05) is 0 Å². The van der Waals surface area contributed by atoms with Crippen LogP contribution in [0.1, 0.15) is 6.23 Å². The lowest BCUT2D eigenvalue weighted by molar-refractivity contribution is -0.0510. The number of anilines is 1. The van der Waals surface area contributed by atoms with Crippen LogP contribution in [0.5, 0.6) is 0 Å². The summed E-state index contributed by atoms with van der Waals surface area (Å²) in [7, 11) is 0. The molecule has 2 aromatic rings. The SMILES string of the molecule is Nc1nc2c([nH]c(=O)n2[C@@H]2O[C@H](CO)[C@H](F)[C@H]2O)c(=O)n1N. The fourth-order valence-corrected chi connectivity index (χ4v) is 2.39. The van der Waals surface area contributed by atoms with Gasteiger partial charge in [0.05, 0.1) is 6.61 Å². The first kappa shape index (κ1) is 14.5. The maximum atomic E-state index is 13.8. The highest BCUT2D eigenvalue weighted by molar-refractivity contribution is 5.71. The molecule has 1 fully saturated rings. The number of hydrogen-bond acceptors (Lipinski definition) is 8. The molecule has 0 aliphatic carbocycles. The van der Waals surface area contributed by atoms with Crippen LogP contribution in [0.4, 0.5) is 10.3 Å². The van der Waals surface area contributed by atoms with E-state index in [0.717, 1.165) is 4.57 Å². The standard InChI is InChI=1S/C10H13FN6O5/c11-3-2(1-18)22-8(5(3)19)16-6-4(14-10(16)21)7(20)17(13)9(12)15-6/h2-3,5,8,18-19H,1,13H2,(H2,12,15)(H,14,21)/t2-,3+,5-,8-/m1/s1. The maximum Gasteiger partial charge on any atom is 0.330 e. The van der Waals surface area contributed by atoms with Gasteiger partial charge in [0.2, 0.25) is 5.95 Å². The monoisotopic (exact) mass is 316 g/mol. The number of nitrogen functional groups attached to an aromatic ring is 2. The number of nitrogens with zero attached hydrogens (tertiary/aromatic N) is 3. The number of fused-ring (bicyclic) bond motifs is 1. The van der Waals surface area contributed by atoms with Crippen molar-refractivity contribution in [2.75, 3.05) is 18.2 Å². The first-order valence-corrected chi connectivity index (χ1v) is 6.23. The molecular formula is C10H13FN6O5. The van der Waals surface area contributed by atoms with Crippen LogP contribution in [-0.2, 0) is 4.74 Å². The minimum atomic E-state index is -1.90. The number of aliphatic hydroxyl groups is 2. The zero-order valence-electron chi connectivity index (χ0n) is 11.0. The molecule has 0 unspecified atom stereocenters.